The summed E-state index contributed by atoms with van der Waals surface area (Å²) in [5.74, 6) is 0. The molecular formula is C11H15BrClN3. The topological polar surface area (TPSA) is 28.2 Å². The van der Waals surface area contributed by atoms with Gasteiger partial charge in [-0.25, -0.2) is 4.98 Å². The average molecular weight is 305 g/mol. The molecule has 3 nitrogen and oxygen atoms in total. The summed E-state index contributed by atoms with van der Waals surface area (Å²) >= 11 is 9.17. The van der Waals surface area contributed by atoms with Gasteiger partial charge in [0.15, 0.2) is 0 Å². The third kappa shape index (κ3) is 3.34. The van der Waals surface area contributed by atoms with E-state index in [1.54, 1.807) is 6.07 Å². The lowest BCUT2D eigenvalue weighted by Gasteiger charge is -2.15. The first-order chi connectivity index (χ1) is 7.75. The first-order valence-corrected chi connectivity index (χ1v) is 6.71. The lowest BCUT2D eigenvalue weighted by Crippen LogP contribution is -2.26. The Kier molecular flexibility index (Phi) is 4.44. The van der Waals surface area contributed by atoms with E-state index in [4.69, 9.17) is 11.6 Å². The predicted octanol–water partition coefficient (Wildman–Crippen LogP) is 3.01. The maximum Gasteiger partial charge on any atom is 0.130 e. The van der Waals surface area contributed by atoms with Gasteiger partial charge < -0.3 is 10.2 Å². The van der Waals surface area contributed by atoms with E-state index in [-0.39, 0.29) is 0 Å². The number of nitrogens with zero attached hydrogens (tertiary/aromatic N) is 2. The van der Waals surface area contributed by atoms with E-state index in [0.717, 1.165) is 23.4 Å². The minimum atomic E-state index is 0.511. The molecule has 1 fully saturated rings. The van der Waals surface area contributed by atoms with Crippen LogP contribution in [0.25, 0.3) is 0 Å². The Labute approximate surface area is 109 Å². The molecule has 0 amide bonds. The first kappa shape index (κ1) is 12.1. The van der Waals surface area contributed by atoms with Crippen molar-refractivity contribution in [3.63, 3.8) is 0 Å². The summed E-state index contributed by atoms with van der Waals surface area (Å²) < 4.78 is 0.779. The number of aromatic nitrogens is 1. The van der Waals surface area contributed by atoms with Gasteiger partial charge in [-0.05, 0) is 54.0 Å². The summed E-state index contributed by atoms with van der Waals surface area (Å²) in [6.07, 6.45) is 2.68. The SMILES string of the molecule is Clc1ccc(NCCN2CCCC2)c(Br)n1. The van der Waals surface area contributed by atoms with Crippen LogP contribution < -0.4 is 5.32 Å². The fraction of sp³-hybridized carbons (Fsp3) is 0.545. The molecule has 1 aliphatic rings. The highest BCUT2D eigenvalue weighted by atomic mass is 79.9. The van der Waals surface area contributed by atoms with Crippen LogP contribution in [0.2, 0.25) is 5.15 Å². The van der Waals surface area contributed by atoms with Crippen LogP contribution >= 0.6 is 27.5 Å². The van der Waals surface area contributed by atoms with Crippen molar-refractivity contribution in [2.45, 2.75) is 12.8 Å². The lowest BCUT2D eigenvalue weighted by atomic mass is 10.4. The van der Waals surface area contributed by atoms with Crippen LogP contribution in [0.15, 0.2) is 16.7 Å². The predicted molar refractivity (Wildman–Crippen MR) is 71.1 cm³/mol. The van der Waals surface area contributed by atoms with Crippen molar-refractivity contribution in [2.24, 2.45) is 0 Å². The lowest BCUT2D eigenvalue weighted by molar-refractivity contribution is 0.352. The van der Waals surface area contributed by atoms with Crippen molar-refractivity contribution < 1.29 is 0 Å². The minimum Gasteiger partial charge on any atom is -0.382 e. The Morgan fingerprint density at radius 3 is 2.81 bits per heavy atom. The number of pyridine rings is 1. The fourth-order valence-electron chi connectivity index (χ4n) is 1.90. The van der Waals surface area contributed by atoms with Gasteiger partial charge >= 0.3 is 0 Å². The van der Waals surface area contributed by atoms with Crippen LogP contribution in [-0.2, 0) is 0 Å². The number of hydrogen-bond acceptors (Lipinski definition) is 3. The standard InChI is InChI=1S/C11H15BrClN3/c12-11-9(3-4-10(13)15-11)14-5-8-16-6-1-2-7-16/h3-4,14H,1-2,5-8H2. The number of halogens is 2. The largest absolute Gasteiger partial charge is 0.382 e. The van der Waals surface area contributed by atoms with Gasteiger partial charge in [0.2, 0.25) is 0 Å². The molecule has 0 unspecified atom stereocenters. The molecule has 0 aromatic carbocycles. The smallest absolute Gasteiger partial charge is 0.130 e. The highest BCUT2D eigenvalue weighted by molar-refractivity contribution is 9.10. The second-order valence-electron chi connectivity index (χ2n) is 3.95. The molecule has 0 aliphatic carbocycles. The summed E-state index contributed by atoms with van der Waals surface area (Å²) in [6.45, 7) is 4.51. The first-order valence-electron chi connectivity index (χ1n) is 5.54. The van der Waals surface area contributed by atoms with Gasteiger partial charge in [-0.3, -0.25) is 0 Å². The number of anilines is 1. The van der Waals surface area contributed by atoms with Gasteiger partial charge in [0.1, 0.15) is 9.76 Å². The van der Waals surface area contributed by atoms with Gasteiger partial charge in [-0.15, -0.1) is 0 Å². The van der Waals surface area contributed by atoms with Gasteiger partial charge in [-0.2, -0.15) is 0 Å². The van der Waals surface area contributed by atoms with Gasteiger partial charge in [0, 0.05) is 13.1 Å². The maximum absolute atomic E-state index is 5.78. The molecule has 1 saturated heterocycles. The van der Waals surface area contributed by atoms with E-state index in [1.165, 1.54) is 25.9 Å². The van der Waals surface area contributed by atoms with E-state index < -0.39 is 0 Å². The zero-order valence-electron chi connectivity index (χ0n) is 9.05. The number of rotatable bonds is 4. The van der Waals surface area contributed by atoms with E-state index in [2.05, 4.69) is 31.1 Å². The van der Waals surface area contributed by atoms with E-state index in [1.807, 2.05) is 6.07 Å². The van der Waals surface area contributed by atoms with Gasteiger partial charge in [0.05, 0.1) is 5.69 Å². The summed E-state index contributed by atoms with van der Waals surface area (Å²) in [7, 11) is 0. The molecule has 1 N–H and O–H groups in total. The quantitative estimate of drug-likeness (QED) is 0.867. The third-order valence-corrected chi connectivity index (χ3v) is 3.57. The zero-order valence-corrected chi connectivity index (χ0v) is 11.4. The van der Waals surface area contributed by atoms with Crippen LogP contribution in [0.4, 0.5) is 5.69 Å². The fourth-order valence-corrected chi connectivity index (χ4v) is 2.61. The monoisotopic (exact) mass is 303 g/mol. The van der Waals surface area contributed by atoms with Crippen molar-refractivity contribution >= 4 is 33.2 Å². The summed E-state index contributed by atoms with van der Waals surface area (Å²) in [6, 6.07) is 3.74. The molecule has 0 radical (unpaired) electrons. The molecule has 88 valence electrons. The Morgan fingerprint density at radius 2 is 2.12 bits per heavy atom. The maximum atomic E-state index is 5.78. The van der Waals surface area contributed by atoms with E-state index >= 15 is 0 Å². The van der Waals surface area contributed by atoms with Gasteiger partial charge in [0.25, 0.3) is 0 Å². The van der Waals surface area contributed by atoms with Crippen molar-refractivity contribution in [3.05, 3.63) is 21.9 Å². The van der Waals surface area contributed by atoms with Crippen molar-refractivity contribution in [1.82, 2.24) is 9.88 Å². The Morgan fingerprint density at radius 1 is 1.38 bits per heavy atom. The van der Waals surface area contributed by atoms with Crippen molar-refractivity contribution in [1.29, 1.82) is 0 Å². The van der Waals surface area contributed by atoms with E-state index in [0.29, 0.717) is 5.15 Å². The number of likely N-dealkylation sites (tertiary alicyclic amines) is 1. The second kappa shape index (κ2) is 5.84. The minimum absolute atomic E-state index is 0.511. The highest BCUT2D eigenvalue weighted by Crippen LogP contribution is 2.21. The molecule has 1 aliphatic heterocycles. The number of hydrogen-bond donors (Lipinski definition) is 1. The van der Waals surface area contributed by atoms with Crippen molar-refractivity contribution in [3.8, 4) is 0 Å². The zero-order chi connectivity index (χ0) is 11.4. The Bertz CT molecular complexity index is 353. The van der Waals surface area contributed by atoms with Crippen LogP contribution in [-0.4, -0.2) is 36.1 Å². The second-order valence-corrected chi connectivity index (χ2v) is 5.09. The van der Waals surface area contributed by atoms with Crippen LogP contribution in [0.1, 0.15) is 12.8 Å². The molecule has 0 spiro atoms. The van der Waals surface area contributed by atoms with Crippen molar-refractivity contribution in [2.75, 3.05) is 31.5 Å². The molecule has 0 saturated carbocycles. The molecule has 0 atom stereocenters. The van der Waals surface area contributed by atoms with Crippen LogP contribution in [0.3, 0.4) is 0 Å². The summed E-state index contributed by atoms with van der Waals surface area (Å²) in [5, 5.41) is 3.87. The molecule has 0 bridgehead atoms. The molecule has 16 heavy (non-hydrogen) atoms. The van der Waals surface area contributed by atoms with Gasteiger partial charge in [-0.1, -0.05) is 11.6 Å². The Balaban J connectivity index is 1.80. The molecule has 1 aromatic rings. The highest BCUT2D eigenvalue weighted by Gasteiger charge is 2.10. The normalized spacial score (nSPS) is 16.6. The van der Waals surface area contributed by atoms with Crippen LogP contribution in [0.5, 0.6) is 0 Å². The molecule has 2 heterocycles. The molecule has 5 heteroatoms. The molecule has 2 rings (SSSR count). The average Bonchev–Trinajstić information content (AvgIpc) is 2.74. The number of nitrogens with one attached hydrogen (secondary N) is 1. The summed E-state index contributed by atoms with van der Waals surface area (Å²) in [4.78, 5) is 6.61. The van der Waals surface area contributed by atoms with E-state index in [9.17, 15) is 0 Å². The Hall–Kier alpha value is -0.320. The third-order valence-electron chi connectivity index (χ3n) is 2.76. The molecule has 1 aromatic heterocycles. The molecular weight excluding hydrogens is 289 g/mol. The summed E-state index contributed by atoms with van der Waals surface area (Å²) in [5.41, 5.74) is 1.00. The van der Waals surface area contributed by atoms with Crippen LogP contribution in [0, 0.1) is 0 Å².